The fourth-order valence-corrected chi connectivity index (χ4v) is 5.87. The lowest BCUT2D eigenvalue weighted by Crippen LogP contribution is -2.22. The number of benzene rings is 1. The smallest absolute Gasteiger partial charge is 0.259 e. The van der Waals surface area contributed by atoms with Gasteiger partial charge in [-0.3, -0.25) is 14.4 Å². The van der Waals surface area contributed by atoms with Crippen LogP contribution >= 0.6 is 23.1 Å². The van der Waals surface area contributed by atoms with Crippen molar-refractivity contribution in [1.82, 2.24) is 14.9 Å². The number of fused-ring (bicyclic) bond motifs is 3. The van der Waals surface area contributed by atoms with Crippen LogP contribution in [0.5, 0.6) is 5.75 Å². The number of hydrogen-bond acceptors (Lipinski definition) is 7. The zero-order chi connectivity index (χ0) is 23.5. The van der Waals surface area contributed by atoms with Crippen LogP contribution in [-0.4, -0.2) is 53.6 Å². The molecule has 174 valence electrons. The molecule has 0 atom stereocenters. The van der Waals surface area contributed by atoms with E-state index in [9.17, 15) is 14.4 Å². The van der Waals surface area contributed by atoms with Crippen molar-refractivity contribution in [2.24, 2.45) is 0 Å². The minimum absolute atomic E-state index is 0.0911. The molecule has 3 aromatic rings. The Hall–Kier alpha value is -2.85. The number of methoxy groups -OCH3 is 1. The van der Waals surface area contributed by atoms with Crippen molar-refractivity contribution in [2.75, 3.05) is 32.3 Å². The first-order valence-corrected chi connectivity index (χ1v) is 12.6. The van der Waals surface area contributed by atoms with Gasteiger partial charge in [0.15, 0.2) is 0 Å². The van der Waals surface area contributed by atoms with Gasteiger partial charge in [0.25, 0.3) is 11.5 Å². The van der Waals surface area contributed by atoms with E-state index in [0.29, 0.717) is 28.6 Å². The van der Waals surface area contributed by atoms with Crippen molar-refractivity contribution in [1.29, 1.82) is 0 Å². The second-order valence-corrected chi connectivity index (χ2v) is 10.1. The molecular weight excluding hydrogens is 460 g/mol. The molecule has 2 amide bonds. The van der Waals surface area contributed by atoms with Crippen LogP contribution in [-0.2, 0) is 23.4 Å². The normalized spacial score (nSPS) is 12.9. The number of amides is 2. The fourth-order valence-electron chi connectivity index (χ4n) is 3.90. The second-order valence-electron chi connectivity index (χ2n) is 8.06. The fraction of sp³-hybridized carbons (Fsp3) is 0.391. The van der Waals surface area contributed by atoms with Crippen molar-refractivity contribution in [3.05, 3.63) is 50.4 Å². The summed E-state index contributed by atoms with van der Waals surface area (Å²) >= 11 is 2.97. The van der Waals surface area contributed by atoms with Gasteiger partial charge in [-0.25, -0.2) is 4.98 Å². The molecule has 0 spiro atoms. The Labute approximate surface area is 199 Å². The van der Waals surface area contributed by atoms with Gasteiger partial charge in [0, 0.05) is 24.5 Å². The molecule has 2 N–H and O–H groups in total. The summed E-state index contributed by atoms with van der Waals surface area (Å²) < 4.78 is 5.31. The van der Waals surface area contributed by atoms with E-state index in [4.69, 9.17) is 4.74 Å². The Balaban J connectivity index is 1.41. The summed E-state index contributed by atoms with van der Waals surface area (Å²) in [6, 6.07) is 4.92. The van der Waals surface area contributed by atoms with Gasteiger partial charge in [0.2, 0.25) is 5.91 Å². The number of carbonyl (C=O) groups is 2. The quantitative estimate of drug-likeness (QED) is 0.530. The van der Waals surface area contributed by atoms with E-state index in [1.54, 1.807) is 43.6 Å². The number of aromatic amines is 1. The summed E-state index contributed by atoms with van der Waals surface area (Å²) in [6.45, 7) is 0. The summed E-state index contributed by atoms with van der Waals surface area (Å²) in [5.74, 6) is 1.22. The molecule has 0 saturated heterocycles. The number of nitrogens with one attached hydrogen (secondary N) is 2. The standard InChI is InChI=1S/C23H26N4O4S2/c1-27(2)23(30)13-8-9-16(31-3)15(10-13)24-19(28)12-32-11-18-25-21(29)20-14-6-4-5-7-17(14)33-22(20)26-18/h8-10H,4-7,11-12H2,1-3H3,(H,24,28)(H,25,26,29). The second kappa shape index (κ2) is 9.96. The topological polar surface area (TPSA) is 104 Å². The molecule has 0 bridgehead atoms. The summed E-state index contributed by atoms with van der Waals surface area (Å²) in [4.78, 5) is 48.5. The third-order valence-electron chi connectivity index (χ3n) is 5.47. The number of rotatable bonds is 7. The van der Waals surface area contributed by atoms with E-state index in [1.165, 1.54) is 28.6 Å². The number of thiophene rings is 1. The summed E-state index contributed by atoms with van der Waals surface area (Å²) in [5, 5.41) is 3.55. The Morgan fingerprint density at radius 3 is 2.82 bits per heavy atom. The van der Waals surface area contributed by atoms with Gasteiger partial charge >= 0.3 is 0 Å². The van der Waals surface area contributed by atoms with Gasteiger partial charge in [0.1, 0.15) is 16.4 Å². The Bertz CT molecular complexity index is 1270. The molecule has 0 saturated carbocycles. The van der Waals surface area contributed by atoms with Crippen molar-refractivity contribution in [3.8, 4) is 5.75 Å². The molecule has 0 radical (unpaired) electrons. The molecule has 8 nitrogen and oxygen atoms in total. The Kier molecular flexibility index (Phi) is 7.04. The SMILES string of the molecule is COc1ccc(C(=O)N(C)C)cc1NC(=O)CSCc1nc2sc3c(c2c(=O)[nH]1)CCCC3. The Morgan fingerprint density at radius 1 is 1.27 bits per heavy atom. The van der Waals surface area contributed by atoms with Crippen molar-refractivity contribution in [3.63, 3.8) is 0 Å². The number of aryl methyl sites for hydroxylation is 2. The van der Waals surface area contributed by atoms with Gasteiger partial charge in [-0.15, -0.1) is 23.1 Å². The van der Waals surface area contributed by atoms with E-state index in [1.807, 2.05) is 0 Å². The van der Waals surface area contributed by atoms with E-state index < -0.39 is 0 Å². The number of H-pyrrole nitrogens is 1. The zero-order valence-corrected chi connectivity index (χ0v) is 20.5. The van der Waals surface area contributed by atoms with E-state index in [2.05, 4.69) is 15.3 Å². The number of aromatic nitrogens is 2. The average Bonchev–Trinajstić information content (AvgIpc) is 3.17. The third-order valence-corrected chi connectivity index (χ3v) is 7.60. The number of ether oxygens (including phenoxy) is 1. The number of anilines is 1. The average molecular weight is 487 g/mol. The van der Waals surface area contributed by atoms with Crippen LogP contribution in [0.2, 0.25) is 0 Å². The highest BCUT2D eigenvalue weighted by Gasteiger charge is 2.20. The van der Waals surface area contributed by atoms with Crippen molar-refractivity contribution in [2.45, 2.75) is 31.4 Å². The first-order valence-electron chi connectivity index (χ1n) is 10.7. The van der Waals surface area contributed by atoms with Crippen LogP contribution < -0.4 is 15.6 Å². The number of carbonyl (C=O) groups excluding carboxylic acids is 2. The minimum atomic E-state index is -0.234. The first-order chi connectivity index (χ1) is 15.9. The maximum atomic E-state index is 12.7. The van der Waals surface area contributed by atoms with Crippen LogP contribution in [0.25, 0.3) is 10.2 Å². The van der Waals surface area contributed by atoms with Gasteiger partial charge < -0.3 is 19.9 Å². The largest absolute Gasteiger partial charge is 0.495 e. The summed E-state index contributed by atoms with van der Waals surface area (Å²) in [5.41, 5.74) is 1.97. The molecule has 10 heteroatoms. The third kappa shape index (κ3) is 5.06. The maximum absolute atomic E-state index is 12.7. The number of nitrogens with zero attached hydrogens (tertiary/aromatic N) is 2. The molecule has 0 aliphatic heterocycles. The zero-order valence-electron chi connectivity index (χ0n) is 18.8. The predicted octanol–water partition coefficient (Wildman–Crippen LogP) is 3.45. The maximum Gasteiger partial charge on any atom is 0.259 e. The lowest BCUT2D eigenvalue weighted by atomic mass is 9.97. The van der Waals surface area contributed by atoms with E-state index >= 15 is 0 Å². The van der Waals surface area contributed by atoms with Gasteiger partial charge in [-0.1, -0.05) is 0 Å². The molecule has 0 fully saturated rings. The van der Waals surface area contributed by atoms with E-state index in [-0.39, 0.29) is 23.1 Å². The molecule has 2 heterocycles. The molecular formula is C23H26N4O4S2. The number of hydrogen-bond donors (Lipinski definition) is 2. The van der Waals surface area contributed by atoms with Crippen LogP contribution in [0.15, 0.2) is 23.0 Å². The number of thioether (sulfide) groups is 1. The monoisotopic (exact) mass is 486 g/mol. The highest BCUT2D eigenvalue weighted by Crippen LogP contribution is 2.33. The summed E-state index contributed by atoms with van der Waals surface area (Å²) in [7, 11) is 4.85. The highest BCUT2D eigenvalue weighted by molar-refractivity contribution is 7.99. The molecule has 1 aliphatic carbocycles. The van der Waals surface area contributed by atoms with Crippen LogP contribution in [0.4, 0.5) is 5.69 Å². The Morgan fingerprint density at radius 2 is 2.06 bits per heavy atom. The lowest BCUT2D eigenvalue weighted by molar-refractivity contribution is -0.113. The molecule has 2 aromatic heterocycles. The molecule has 4 rings (SSSR count). The highest BCUT2D eigenvalue weighted by atomic mass is 32.2. The van der Waals surface area contributed by atoms with Gasteiger partial charge in [0.05, 0.1) is 29.7 Å². The van der Waals surface area contributed by atoms with Gasteiger partial charge in [-0.05, 0) is 49.4 Å². The lowest BCUT2D eigenvalue weighted by Gasteiger charge is -2.14. The van der Waals surface area contributed by atoms with Crippen LogP contribution in [0, 0.1) is 0 Å². The van der Waals surface area contributed by atoms with E-state index in [0.717, 1.165) is 41.5 Å². The predicted molar refractivity (Wildman–Crippen MR) is 133 cm³/mol. The first kappa shape index (κ1) is 23.3. The summed E-state index contributed by atoms with van der Waals surface area (Å²) in [6.07, 6.45) is 4.23. The van der Waals surface area contributed by atoms with Crippen molar-refractivity contribution < 1.29 is 14.3 Å². The van der Waals surface area contributed by atoms with Crippen molar-refractivity contribution >= 4 is 50.8 Å². The van der Waals surface area contributed by atoms with Crippen LogP contribution in [0.1, 0.15) is 39.5 Å². The molecule has 1 aromatic carbocycles. The minimum Gasteiger partial charge on any atom is -0.495 e. The van der Waals surface area contributed by atoms with Gasteiger partial charge in [-0.2, -0.15) is 0 Å². The van der Waals surface area contributed by atoms with Crippen LogP contribution in [0.3, 0.4) is 0 Å². The molecule has 1 aliphatic rings. The molecule has 0 unspecified atom stereocenters. The molecule has 33 heavy (non-hydrogen) atoms.